The Labute approximate surface area is 139 Å². The number of carbonyl (C=O) groups excluding carboxylic acids is 1. The van der Waals surface area contributed by atoms with Gasteiger partial charge in [-0.3, -0.25) is 9.36 Å². The second kappa shape index (κ2) is 6.87. The number of methoxy groups -OCH3 is 2. The van der Waals surface area contributed by atoms with Crippen LogP contribution in [0.3, 0.4) is 0 Å². The number of amides is 1. The van der Waals surface area contributed by atoms with E-state index in [9.17, 15) is 4.79 Å². The quantitative estimate of drug-likeness (QED) is 0.783. The molecule has 2 aromatic carbocycles. The highest BCUT2D eigenvalue weighted by Gasteiger charge is 2.14. The molecular formula is C18H17N3O3. The molecule has 122 valence electrons. The van der Waals surface area contributed by atoms with E-state index in [1.165, 1.54) is 6.20 Å². The van der Waals surface area contributed by atoms with E-state index in [0.29, 0.717) is 22.9 Å². The molecule has 6 nitrogen and oxygen atoms in total. The molecule has 3 aromatic rings. The molecule has 0 bridgehead atoms. The molecule has 24 heavy (non-hydrogen) atoms. The van der Waals surface area contributed by atoms with Crippen LogP contribution in [-0.4, -0.2) is 29.7 Å². The average molecular weight is 323 g/mol. The van der Waals surface area contributed by atoms with Crippen LogP contribution >= 0.6 is 0 Å². The van der Waals surface area contributed by atoms with E-state index in [2.05, 4.69) is 10.3 Å². The molecule has 6 heteroatoms. The van der Waals surface area contributed by atoms with Gasteiger partial charge in [0.2, 0.25) is 0 Å². The zero-order valence-corrected chi connectivity index (χ0v) is 13.4. The Kier molecular flexibility index (Phi) is 4.47. The fourth-order valence-electron chi connectivity index (χ4n) is 2.37. The van der Waals surface area contributed by atoms with Gasteiger partial charge in [0.1, 0.15) is 5.69 Å². The van der Waals surface area contributed by atoms with E-state index in [-0.39, 0.29) is 5.91 Å². The van der Waals surface area contributed by atoms with Crippen LogP contribution in [0.1, 0.15) is 10.5 Å². The summed E-state index contributed by atoms with van der Waals surface area (Å²) in [5.41, 5.74) is 1.92. The standard InChI is InChI=1S/C18H17N3O3/c1-23-16-9-8-13(10-17(16)24-2)20-18(22)15-11-19-12-21(15)14-6-4-3-5-7-14/h3-12H,1-2H3,(H,20,22). The smallest absolute Gasteiger partial charge is 0.274 e. The lowest BCUT2D eigenvalue weighted by Gasteiger charge is -2.11. The van der Waals surface area contributed by atoms with Crippen molar-refractivity contribution in [1.29, 1.82) is 0 Å². The van der Waals surface area contributed by atoms with Crippen molar-refractivity contribution in [3.8, 4) is 17.2 Å². The molecule has 0 aliphatic heterocycles. The summed E-state index contributed by atoms with van der Waals surface area (Å²) >= 11 is 0. The van der Waals surface area contributed by atoms with Crippen LogP contribution in [0.5, 0.6) is 11.5 Å². The molecule has 0 radical (unpaired) electrons. The van der Waals surface area contributed by atoms with Crippen LogP contribution in [0.4, 0.5) is 5.69 Å². The molecule has 0 aliphatic rings. The van der Waals surface area contributed by atoms with Gasteiger partial charge in [-0.25, -0.2) is 4.98 Å². The molecule has 1 aromatic heterocycles. The number of para-hydroxylation sites is 1. The van der Waals surface area contributed by atoms with Gasteiger partial charge < -0.3 is 14.8 Å². The van der Waals surface area contributed by atoms with Crippen molar-refractivity contribution in [2.45, 2.75) is 0 Å². The summed E-state index contributed by atoms with van der Waals surface area (Å²) in [6.07, 6.45) is 3.14. The molecule has 1 heterocycles. The maximum atomic E-state index is 12.6. The maximum Gasteiger partial charge on any atom is 0.274 e. The predicted octanol–water partition coefficient (Wildman–Crippen LogP) is 3.14. The Morgan fingerprint density at radius 1 is 1.04 bits per heavy atom. The summed E-state index contributed by atoms with van der Waals surface area (Å²) in [4.78, 5) is 16.7. The molecule has 0 unspecified atom stereocenters. The van der Waals surface area contributed by atoms with Crippen molar-refractivity contribution in [2.75, 3.05) is 19.5 Å². The van der Waals surface area contributed by atoms with E-state index < -0.39 is 0 Å². The molecule has 0 aliphatic carbocycles. The zero-order chi connectivity index (χ0) is 16.9. The normalized spacial score (nSPS) is 10.2. The summed E-state index contributed by atoms with van der Waals surface area (Å²) in [5.74, 6) is 0.889. The number of benzene rings is 2. The van der Waals surface area contributed by atoms with Crippen LogP contribution in [0, 0.1) is 0 Å². The Hall–Kier alpha value is -3.28. The summed E-state index contributed by atoms with van der Waals surface area (Å²) in [6.45, 7) is 0. The molecule has 0 atom stereocenters. The summed E-state index contributed by atoms with van der Waals surface area (Å²) < 4.78 is 12.2. The predicted molar refractivity (Wildman–Crippen MR) is 91.1 cm³/mol. The molecule has 0 fully saturated rings. The van der Waals surface area contributed by atoms with Crippen molar-refractivity contribution < 1.29 is 14.3 Å². The number of ether oxygens (including phenoxy) is 2. The highest BCUT2D eigenvalue weighted by atomic mass is 16.5. The number of hydrogen-bond donors (Lipinski definition) is 1. The van der Waals surface area contributed by atoms with E-state index in [4.69, 9.17) is 9.47 Å². The van der Waals surface area contributed by atoms with Gasteiger partial charge in [0.25, 0.3) is 5.91 Å². The van der Waals surface area contributed by atoms with Crippen LogP contribution < -0.4 is 14.8 Å². The van der Waals surface area contributed by atoms with Gasteiger partial charge in [-0.15, -0.1) is 0 Å². The van der Waals surface area contributed by atoms with Gasteiger partial charge in [0.15, 0.2) is 11.5 Å². The van der Waals surface area contributed by atoms with Crippen LogP contribution in [0.25, 0.3) is 5.69 Å². The largest absolute Gasteiger partial charge is 0.493 e. The van der Waals surface area contributed by atoms with Gasteiger partial charge in [0, 0.05) is 17.4 Å². The van der Waals surface area contributed by atoms with Crippen molar-refractivity contribution in [3.63, 3.8) is 0 Å². The average Bonchev–Trinajstić information content (AvgIpc) is 3.12. The molecule has 1 N–H and O–H groups in total. The summed E-state index contributed by atoms with van der Waals surface area (Å²) in [6, 6.07) is 14.8. The molecular weight excluding hydrogens is 306 g/mol. The number of nitrogens with zero attached hydrogens (tertiary/aromatic N) is 2. The lowest BCUT2D eigenvalue weighted by molar-refractivity contribution is 0.102. The Morgan fingerprint density at radius 2 is 1.79 bits per heavy atom. The third kappa shape index (κ3) is 3.08. The zero-order valence-electron chi connectivity index (χ0n) is 13.4. The molecule has 0 spiro atoms. The molecule has 1 amide bonds. The lowest BCUT2D eigenvalue weighted by Crippen LogP contribution is -2.16. The Bertz CT molecular complexity index is 844. The first-order valence-electron chi connectivity index (χ1n) is 7.34. The van der Waals surface area contributed by atoms with E-state index in [0.717, 1.165) is 5.69 Å². The fraction of sp³-hybridized carbons (Fsp3) is 0.111. The third-order valence-corrected chi connectivity index (χ3v) is 3.55. The second-order valence-electron chi connectivity index (χ2n) is 5.01. The number of imidazole rings is 1. The van der Waals surface area contributed by atoms with Gasteiger partial charge in [0.05, 0.1) is 26.7 Å². The minimum atomic E-state index is -0.261. The monoisotopic (exact) mass is 323 g/mol. The molecule has 0 saturated carbocycles. The minimum Gasteiger partial charge on any atom is -0.493 e. The van der Waals surface area contributed by atoms with Gasteiger partial charge in [-0.05, 0) is 24.3 Å². The number of carbonyl (C=O) groups is 1. The van der Waals surface area contributed by atoms with Crippen molar-refractivity contribution in [2.24, 2.45) is 0 Å². The van der Waals surface area contributed by atoms with E-state index >= 15 is 0 Å². The minimum absolute atomic E-state index is 0.261. The second-order valence-corrected chi connectivity index (χ2v) is 5.01. The van der Waals surface area contributed by atoms with Gasteiger partial charge in [-0.2, -0.15) is 0 Å². The number of hydrogen-bond acceptors (Lipinski definition) is 4. The number of aromatic nitrogens is 2. The molecule has 0 saturated heterocycles. The topological polar surface area (TPSA) is 65.4 Å². The maximum absolute atomic E-state index is 12.6. The Balaban J connectivity index is 1.85. The highest BCUT2D eigenvalue weighted by Crippen LogP contribution is 2.30. The fourth-order valence-corrected chi connectivity index (χ4v) is 2.37. The summed E-state index contributed by atoms with van der Waals surface area (Å²) in [5, 5.41) is 2.85. The number of rotatable bonds is 5. The van der Waals surface area contributed by atoms with Crippen LogP contribution in [0.2, 0.25) is 0 Å². The van der Waals surface area contributed by atoms with E-state index in [1.54, 1.807) is 43.3 Å². The first-order chi connectivity index (χ1) is 11.7. The van der Waals surface area contributed by atoms with Crippen molar-refractivity contribution >= 4 is 11.6 Å². The highest BCUT2D eigenvalue weighted by molar-refractivity contribution is 6.03. The first kappa shape index (κ1) is 15.6. The number of anilines is 1. The Morgan fingerprint density at radius 3 is 2.50 bits per heavy atom. The van der Waals surface area contributed by atoms with E-state index in [1.807, 2.05) is 30.3 Å². The van der Waals surface area contributed by atoms with Gasteiger partial charge in [-0.1, -0.05) is 18.2 Å². The van der Waals surface area contributed by atoms with Gasteiger partial charge >= 0.3 is 0 Å². The third-order valence-electron chi connectivity index (χ3n) is 3.55. The van der Waals surface area contributed by atoms with Crippen molar-refractivity contribution in [3.05, 3.63) is 66.7 Å². The van der Waals surface area contributed by atoms with Crippen molar-refractivity contribution in [1.82, 2.24) is 9.55 Å². The molecule has 3 rings (SSSR count). The van der Waals surface area contributed by atoms with Crippen LogP contribution in [0.15, 0.2) is 61.1 Å². The number of nitrogens with one attached hydrogen (secondary N) is 1. The first-order valence-corrected chi connectivity index (χ1v) is 7.34. The lowest BCUT2D eigenvalue weighted by atomic mass is 10.2. The van der Waals surface area contributed by atoms with Crippen LogP contribution in [-0.2, 0) is 0 Å². The summed E-state index contributed by atoms with van der Waals surface area (Å²) in [7, 11) is 3.11. The SMILES string of the molecule is COc1ccc(NC(=O)c2cncn2-c2ccccc2)cc1OC.